The lowest BCUT2D eigenvalue weighted by molar-refractivity contribution is 0.0745. The third-order valence-electron chi connectivity index (χ3n) is 12.2. The van der Waals surface area contributed by atoms with E-state index in [4.69, 9.17) is 38.4 Å². The van der Waals surface area contributed by atoms with Crippen LogP contribution in [0.2, 0.25) is 0 Å². The molecule has 0 bridgehead atoms. The van der Waals surface area contributed by atoms with Crippen LogP contribution in [0.25, 0.3) is 44.8 Å². The number of methoxy groups -OCH3 is 6. The van der Waals surface area contributed by atoms with E-state index in [-0.39, 0.29) is 22.4 Å². The standard InChI is InChI=1S/2C23H27N3O4/c2*1-23(8-6-5-7-9-23)21(27)15-12-24-22-19(15)26-16(13-25-22)14-10-17(28-2)20(30-4)18(11-14)29-3/h2*10-13H,5-9H2,1-4H3,(H,24,25). The maximum absolute atomic E-state index is 13.4. The van der Waals surface area contributed by atoms with Crippen LogP contribution in [0.3, 0.4) is 0 Å². The second-order valence-electron chi connectivity index (χ2n) is 16.0. The molecule has 6 aromatic rings. The quantitative estimate of drug-likeness (QED) is 0.112. The van der Waals surface area contributed by atoms with Gasteiger partial charge in [0, 0.05) is 34.4 Å². The molecule has 0 aliphatic heterocycles. The molecule has 4 heterocycles. The highest BCUT2D eigenvalue weighted by Crippen LogP contribution is 2.44. The molecule has 0 unspecified atom stereocenters. The molecule has 60 heavy (non-hydrogen) atoms. The third kappa shape index (κ3) is 7.94. The lowest BCUT2D eigenvalue weighted by Gasteiger charge is -2.31. The number of fused-ring (bicyclic) bond motifs is 2. The van der Waals surface area contributed by atoms with Gasteiger partial charge in [-0.1, -0.05) is 52.4 Å². The van der Waals surface area contributed by atoms with Crippen molar-refractivity contribution in [3.8, 4) is 57.0 Å². The number of ketones is 2. The number of hydrogen-bond acceptors (Lipinski definition) is 12. The van der Waals surface area contributed by atoms with Crippen LogP contribution in [0.1, 0.15) is 98.8 Å². The predicted molar refractivity (Wildman–Crippen MR) is 229 cm³/mol. The number of carbonyl (C=O) groups is 2. The summed E-state index contributed by atoms with van der Waals surface area (Å²) in [5.74, 6) is 3.46. The molecule has 8 rings (SSSR count). The van der Waals surface area contributed by atoms with Crippen LogP contribution < -0.4 is 28.4 Å². The molecular formula is C46H54N6O8. The SMILES string of the molecule is COc1cc(-c2cnc3[nH]cc(C(=O)C4(C)CCCCC4)c3n2)cc(OC)c1OC.COc1cc(-c2cnc3[nH]cc(C(=O)C4(C)CCCCC4)c3n2)cc(OC)c1OC. The molecule has 2 aromatic carbocycles. The molecule has 0 atom stereocenters. The van der Waals surface area contributed by atoms with Gasteiger partial charge in [-0.05, 0) is 49.9 Å². The summed E-state index contributed by atoms with van der Waals surface area (Å²) in [6.45, 7) is 4.15. The highest BCUT2D eigenvalue weighted by atomic mass is 16.5. The summed E-state index contributed by atoms with van der Waals surface area (Å²) < 4.78 is 32.6. The van der Waals surface area contributed by atoms with Gasteiger partial charge in [0.15, 0.2) is 45.9 Å². The van der Waals surface area contributed by atoms with Crippen molar-refractivity contribution in [3.63, 3.8) is 0 Å². The summed E-state index contributed by atoms with van der Waals surface area (Å²) >= 11 is 0. The van der Waals surface area contributed by atoms with Crippen molar-refractivity contribution < 1.29 is 38.0 Å². The van der Waals surface area contributed by atoms with Crippen LogP contribution in [0.4, 0.5) is 0 Å². The molecule has 2 fully saturated rings. The minimum absolute atomic E-state index is 0.143. The first-order valence-corrected chi connectivity index (χ1v) is 20.4. The molecule has 2 aliphatic rings. The Balaban J connectivity index is 0.000000181. The summed E-state index contributed by atoms with van der Waals surface area (Å²) in [5.41, 5.74) is 5.74. The van der Waals surface area contributed by atoms with Crippen LogP contribution in [0.5, 0.6) is 34.5 Å². The number of nitrogens with zero attached hydrogens (tertiary/aromatic N) is 4. The van der Waals surface area contributed by atoms with Gasteiger partial charge < -0.3 is 38.4 Å². The van der Waals surface area contributed by atoms with Gasteiger partial charge >= 0.3 is 0 Å². The minimum Gasteiger partial charge on any atom is -0.493 e. The molecule has 14 heteroatoms. The van der Waals surface area contributed by atoms with E-state index in [2.05, 4.69) is 33.8 Å². The molecule has 316 valence electrons. The highest BCUT2D eigenvalue weighted by Gasteiger charge is 2.38. The molecule has 0 radical (unpaired) electrons. The minimum atomic E-state index is -0.336. The van der Waals surface area contributed by atoms with Crippen molar-refractivity contribution in [1.29, 1.82) is 0 Å². The number of carbonyl (C=O) groups excluding carboxylic acids is 2. The Morgan fingerprint density at radius 3 is 1.15 bits per heavy atom. The van der Waals surface area contributed by atoms with Crippen LogP contribution in [-0.2, 0) is 0 Å². The predicted octanol–water partition coefficient (Wildman–Crippen LogP) is 9.61. The topological polar surface area (TPSA) is 173 Å². The monoisotopic (exact) mass is 818 g/mol. The maximum Gasteiger partial charge on any atom is 0.203 e. The van der Waals surface area contributed by atoms with E-state index in [0.717, 1.165) is 62.5 Å². The Morgan fingerprint density at radius 2 is 0.850 bits per heavy atom. The van der Waals surface area contributed by atoms with E-state index in [1.54, 1.807) is 67.4 Å². The number of ether oxygens (including phenoxy) is 6. The van der Waals surface area contributed by atoms with Crippen molar-refractivity contribution in [2.45, 2.75) is 78.1 Å². The Kier molecular flexibility index (Phi) is 12.3. The van der Waals surface area contributed by atoms with Gasteiger partial charge in [0.1, 0.15) is 11.0 Å². The van der Waals surface area contributed by atoms with E-state index in [9.17, 15) is 9.59 Å². The lowest BCUT2D eigenvalue weighted by atomic mass is 9.71. The fraction of sp³-hybridized carbons (Fsp3) is 0.435. The number of aromatic nitrogens is 6. The Morgan fingerprint density at radius 1 is 0.517 bits per heavy atom. The molecule has 2 saturated carbocycles. The summed E-state index contributed by atoms with van der Waals surface area (Å²) in [7, 11) is 9.42. The van der Waals surface area contributed by atoms with Gasteiger partial charge in [-0.3, -0.25) is 9.59 Å². The molecule has 2 aliphatic carbocycles. The average molecular weight is 819 g/mol. The van der Waals surface area contributed by atoms with Gasteiger partial charge in [0.25, 0.3) is 0 Å². The summed E-state index contributed by atoms with van der Waals surface area (Å²) in [6.07, 6.45) is 17.3. The van der Waals surface area contributed by atoms with Crippen molar-refractivity contribution in [2.75, 3.05) is 42.7 Å². The fourth-order valence-electron chi connectivity index (χ4n) is 8.63. The second-order valence-corrected chi connectivity index (χ2v) is 16.0. The first-order chi connectivity index (χ1) is 29.0. The van der Waals surface area contributed by atoms with Crippen LogP contribution in [0.15, 0.2) is 49.1 Å². The largest absolute Gasteiger partial charge is 0.493 e. The van der Waals surface area contributed by atoms with Crippen molar-refractivity contribution in [2.24, 2.45) is 10.8 Å². The number of nitrogens with one attached hydrogen (secondary N) is 2. The Bertz CT molecular complexity index is 2290. The van der Waals surface area contributed by atoms with Crippen LogP contribution in [-0.4, -0.2) is 84.1 Å². The molecule has 2 N–H and O–H groups in total. The smallest absolute Gasteiger partial charge is 0.203 e. The third-order valence-corrected chi connectivity index (χ3v) is 12.2. The first kappa shape index (κ1) is 42.0. The van der Waals surface area contributed by atoms with Gasteiger partial charge in [-0.2, -0.15) is 0 Å². The van der Waals surface area contributed by atoms with E-state index < -0.39 is 0 Å². The summed E-state index contributed by atoms with van der Waals surface area (Å²) in [6, 6.07) is 7.31. The molecular weight excluding hydrogens is 765 g/mol. The van der Waals surface area contributed by atoms with E-state index in [1.807, 2.05) is 24.3 Å². The lowest BCUT2D eigenvalue weighted by Crippen LogP contribution is -2.30. The zero-order valence-electron chi connectivity index (χ0n) is 35.7. The van der Waals surface area contributed by atoms with Crippen LogP contribution >= 0.6 is 0 Å². The molecule has 0 spiro atoms. The summed E-state index contributed by atoms with van der Waals surface area (Å²) in [5, 5.41) is 0. The second kappa shape index (κ2) is 17.6. The van der Waals surface area contributed by atoms with Gasteiger partial charge in [-0.25, -0.2) is 19.9 Å². The number of Topliss-reactive ketones (excluding diaryl/α,β-unsaturated/α-hetero) is 2. The molecule has 14 nitrogen and oxygen atoms in total. The normalized spacial score (nSPS) is 15.7. The number of hydrogen-bond donors (Lipinski definition) is 2. The van der Waals surface area contributed by atoms with Crippen LogP contribution in [0, 0.1) is 10.8 Å². The van der Waals surface area contributed by atoms with Gasteiger partial charge in [-0.15, -0.1) is 0 Å². The zero-order chi connectivity index (χ0) is 42.6. The van der Waals surface area contributed by atoms with E-state index in [0.29, 0.717) is 79.3 Å². The van der Waals surface area contributed by atoms with Gasteiger partial charge in [0.05, 0.1) is 77.6 Å². The van der Waals surface area contributed by atoms with Crippen molar-refractivity contribution >= 4 is 33.9 Å². The fourth-order valence-corrected chi connectivity index (χ4v) is 8.63. The maximum atomic E-state index is 13.4. The van der Waals surface area contributed by atoms with Crippen molar-refractivity contribution in [1.82, 2.24) is 29.9 Å². The zero-order valence-corrected chi connectivity index (χ0v) is 35.7. The van der Waals surface area contributed by atoms with E-state index >= 15 is 0 Å². The highest BCUT2D eigenvalue weighted by molar-refractivity contribution is 6.09. The number of aromatic amines is 2. The average Bonchev–Trinajstić information content (AvgIpc) is 3.92. The first-order valence-electron chi connectivity index (χ1n) is 20.4. The number of rotatable bonds is 12. The Labute approximate surface area is 349 Å². The number of benzene rings is 2. The van der Waals surface area contributed by atoms with E-state index in [1.165, 1.54) is 12.8 Å². The molecule has 4 aromatic heterocycles. The number of H-pyrrole nitrogens is 2. The molecule has 0 saturated heterocycles. The Hall–Kier alpha value is -6.18. The summed E-state index contributed by atoms with van der Waals surface area (Å²) in [4.78, 5) is 51.6. The van der Waals surface area contributed by atoms with Gasteiger partial charge in [0.2, 0.25) is 11.5 Å². The van der Waals surface area contributed by atoms with Crippen molar-refractivity contribution in [3.05, 3.63) is 60.2 Å². The molecule has 0 amide bonds.